The van der Waals surface area contributed by atoms with Crippen LogP contribution < -0.4 is 4.90 Å². The van der Waals surface area contributed by atoms with Crippen molar-refractivity contribution in [1.82, 2.24) is 0 Å². The fourth-order valence-electron chi connectivity index (χ4n) is 2.99. The number of alkyl halides is 1. The topological polar surface area (TPSA) is 3.24 Å². The number of benzene rings is 1. The summed E-state index contributed by atoms with van der Waals surface area (Å²) in [7, 11) is 0. The van der Waals surface area contributed by atoms with Crippen LogP contribution in [0.3, 0.4) is 0 Å². The summed E-state index contributed by atoms with van der Waals surface area (Å²) in [5.74, 6) is 0.647. The maximum atomic E-state index is 14.1. The van der Waals surface area contributed by atoms with Crippen LogP contribution in [-0.4, -0.2) is 13.1 Å². The number of piperidine rings is 1. The molecule has 1 aromatic carbocycles. The molecule has 1 aliphatic rings. The van der Waals surface area contributed by atoms with Gasteiger partial charge >= 0.3 is 0 Å². The van der Waals surface area contributed by atoms with Gasteiger partial charge in [-0.15, -0.1) is 0 Å². The minimum absolute atomic E-state index is 0.0915. The Labute approximate surface area is 124 Å². The van der Waals surface area contributed by atoms with Crippen LogP contribution >= 0.6 is 15.9 Å². The van der Waals surface area contributed by atoms with E-state index in [4.69, 9.17) is 0 Å². The van der Waals surface area contributed by atoms with Gasteiger partial charge in [-0.25, -0.2) is 4.39 Å². The molecular formula is C16H23BrFN. The summed E-state index contributed by atoms with van der Waals surface area (Å²) in [6.07, 6.45) is 2.30. The van der Waals surface area contributed by atoms with Gasteiger partial charge in [0, 0.05) is 18.4 Å². The predicted molar refractivity (Wildman–Crippen MR) is 83.4 cm³/mol. The summed E-state index contributed by atoms with van der Waals surface area (Å²) in [6, 6.07) is 5.36. The highest BCUT2D eigenvalue weighted by Gasteiger charge is 2.30. The third kappa shape index (κ3) is 3.31. The van der Waals surface area contributed by atoms with E-state index in [1.165, 1.54) is 0 Å². The lowest BCUT2D eigenvalue weighted by molar-refractivity contribution is 0.198. The van der Waals surface area contributed by atoms with Gasteiger partial charge in [-0.2, -0.15) is 0 Å². The number of para-hydroxylation sites is 1. The number of hydrogen-bond acceptors (Lipinski definition) is 1. The second kappa shape index (κ2) is 5.82. The molecule has 3 heteroatoms. The van der Waals surface area contributed by atoms with E-state index in [2.05, 4.69) is 41.6 Å². The van der Waals surface area contributed by atoms with Gasteiger partial charge in [0.15, 0.2) is 0 Å². The zero-order chi connectivity index (χ0) is 14.0. The monoisotopic (exact) mass is 327 g/mol. The number of halogens is 2. The Morgan fingerprint density at radius 2 is 1.89 bits per heavy atom. The lowest BCUT2D eigenvalue weighted by Gasteiger charge is -2.40. The maximum Gasteiger partial charge on any atom is 0.146 e. The van der Waals surface area contributed by atoms with Crippen molar-refractivity contribution >= 4 is 21.6 Å². The Kier molecular flexibility index (Phi) is 4.54. The van der Waals surface area contributed by atoms with Crippen molar-refractivity contribution in [3.8, 4) is 0 Å². The van der Waals surface area contributed by atoms with E-state index in [9.17, 15) is 4.39 Å². The largest absolute Gasteiger partial charge is 0.369 e. The van der Waals surface area contributed by atoms with Crippen molar-refractivity contribution < 1.29 is 4.39 Å². The van der Waals surface area contributed by atoms with Crippen molar-refractivity contribution in [3.05, 3.63) is 29.6 Å². The van der Waals surface area contributed by atoms with Gasteiger partial charge in [0.1, 0.15) is 5.82 Å². The van der Waals surface area contributed by atoms with Crippen molar-refractivity contribution in [2.75, 3.05) is 18.0 Å². The fraction of sp³-hybridized carbons (Fsp3) is 0.625. The first-order valence-electron chi connectivity index (χ1n) is 7.02. The van der Waals surface area contributed by atoms with E-state index in [-0.39, 0.29) is 5.82 Å². The molecule has 1 heterocycles. The van der Waals surface area contributed by atoms with Gasteiger partial charge < -0.3 is 4.90 Å². The molecule has 0 radical (unpaired) electrons. The minimum atomic E-state index is -0.0915. The minimum Gasteiger partial charge on any atom is -0.369 e. The summed E-state index contributed by atoms with van der Waals surface area (Å²) < 4.78 is 14.1. The Morgan fingerprint density at radius 3 is 2.42 bits per heavy atom. The molecule has 106 valence electrons. The standard InChI is InChI=1S/C16H23BrFN/c1-16(2,3)13-7-9-19(10-8-13)15-12(11-17)5-4-6-14(15)18/h4-6,13H,7-11H2,1-3H3. The molecule has 0 aromatic heterocycles. The number of anilines is 1. The summed E-state index contributed by atoms with van der Waals surface area (Å²) in [6.45, 7) is 8.84. The van der Waals surface area contributed by atoms with E-state index in [0.29, 0.717) is 10.7 Å². The molecule has 1 aromatic rings. The second-order valence-electron chi connectivity index (χ2n) is 6.51. The van der Waals surface area contributed by atoms with Gasteiger partial charge in [-0.05, 0) is 35.8 Å². The highest BCUT2D eigenvalue weighted by molar-refractivity contribution is 9.08. The fourth-order valence-corrected chi connectivity index (χ4v) is 3.44. The van der Waals surface area contributed by atoms with Crippen molar-refractivity contribution in [1.29, 1.82) is 0 Å². The van der Waals surface area contributed by atoms with Gasteiger partial charge in [0.25, 0.3) is 0 Å². The lowest BCUT2D eigenvalue weighted by atomic mass is 9.75. The lowest BCUT2D eigenvalue weighted by Crippen LogP contribution is -2.38. The van der Waals surface area contributed by atoms with E-state index in [0.717, 1.165) is 43.1 Å². The Morgan fingerprint density at radius 1 is 1.26 bits per heavy atom. The van der Waals surface area contributed by atoms with E-state index < -0.39 is 0 Å². The van der Waals surface area contributed by atoms with Crippen LogP contribution in [0.5, 0.6) is 0 Å². The zero-order valence-electron chi connectivity index (χ0n) is 12.0. The van der Waals surface area contributed by atoms with Crippen LogP contribution in [0.2, 0.25) is 0 Å². The first-order chi connectivity index (χ1) is 8.93. The van der Waals surface area contributed by atoms with Gasteiger partial charge in [-0.3, -0.25) is 0 Å². The van der Waals surface area contributed by atoms with Crippen molar-refractivity contribution in [2.24, 2.45) is 11.3 Å². The molecule has 1 saturated heterocycles. The summed E-state index contributed by atoms with van der Waals surface area (Å²) in [5.41, 5.74) is 2.21. The van der Waals surface area contributed by atoms with E-state index in [1.54, 1.807) is 12.1 Å². The molecular weight excluding hydrogens is 305 g/mol. The van der Waals surface area contributed by atoms with Gasteiger partial charge in [0.2, 0.25) is 0 Å². The van der Waals surface area contributed by atoms with E-state index in [1.807, 2.05) is 6.07 Å². The molecule has 0 aliphatic carbocycles. The molecule has 1 fully saturated rings. The molecule has 19 heavy (non-hydrogen) atoms. The molecule has 0 atom stereocenters. The zero-order valence-corrected chi connectivity index (χ0v) is 13.6. The Bertz CT molecular complexity index is 431. The number of rotatable bonds is 2. The third-order valence-corrected chi connectivity index (χ3v) is 4.85. The maximum absolute atomic E-state index is 14.1. The molecule has 1 nitrogen and oxygen atoms in total. The average molecular weight is 328 g/mol. The van der Waals surface area contributed by atoms with Crippen molar-refractivity contribution in [3.63, 3.8) is 0 Å². The molecule has 0 N–H and O–H groups in total. The molecule has 0 amide bonds. The highest BCUT2D eigenvalue weighted by Crippen LogP contribution is 2.37. The molecule has 2 rings (SSSR count). The summed E-state index contributed by atoms with van der Waals surface area (Å²) in [5, 5.41) is 0.708. The normalized spacial score (nSPS) is 17.8. The van der Waals surface area contributed by atoms with Crippen LogP contribution in [0, 0.1) is 17.2 Å². The first-order valence-corrected chi connectivity index (χ1v) is 8.14. The van der Waals surface area contributed by atoms with Crippen LogP contribution in [0.25, 0.3) is 0 Å². The molecule has 0 unspecified atom stereocenters. The van der Waals surface area contributed by atoms with Crippen LogP contribution in [-0.2, 0) is 5.33 Å². The smallest absolute Gasteiger partial charge is 0.146 e. The first kappa shape index (κ1) is 14.8. The van der Waals surface area contributed by atoms with Gasteiger partial charge in [0.05, 0.1) is 5.69 Å². The average Bonchev–Trinajstić information content (AvgIpc) is 2.37. The molecule has 1 aliphatic heterocycles. The summed E-state index contributed by atoms with van der Waals surface area (Å²) in [4.78, 5) is 2.22. The number of nitrogens with zero attached hydrogens (tertiary/aromatic N) is 1. The quantitative estimate of drug-likeness (QED) is 0.692. The highest BCUT2D eigenvalue weighted by atomic mass is 79.9. The van der Waals surface area contributed by atoms with Crippen molar-refractivity contribution in [2.45, 2.75) is 38.9 Å². The molecule has 0 spiro atoms. The van der Waals surface area contributed by atoms with Crippen LogP contribution in [0.4, 0.5) is 10.1 Å². The molecule has 0 saturated carbocycles. The number of hydrogen-bond donors (Lipinski definition) is 0. The van der Waals surface area contributed by atoms with E-state index >= 15 is 0 Å². The SMILES string of the molecule is CC(C)(C)C1CCN(c2c(F)cccc2CBr)CC1. The second-order valence-corrected chi connectivity index (χ2v) is 7.07. The van der Waals surface area contributed by atoms with Crippen LogP contribution in [0.15, 0.2) is 18.2 Å². The Hall–Kier alpha value is -0.570. The Balaban J connectivity index is 2.14. The van der Waals surface area contributed by atoms with Gasteiger partial charge in [-0.1, -0.05) is 48.8 Å². The summed E-state index contributed by atoms with van der Waals surface area (Å²) >= 11 is 3.46. The third-order valence-electron chi connectivity index (χ3n) is 4.25. The predicted octanol–water partition coefficient (Wildman–Crippen LogP) is 4.98. The molecule has 0 bridgehead atoms. The van der Waals surface area contributed by atoms with Crippen LogP contribution in [0.1, 0.15) is 39.2 Å².